The Kier molecular flexibility index (Phi) is 4.19. The second-order valence-corrected chi connectivity index (χ2v) is 4.29. The van der Waals surface area contributed by atoms with Crippen molar-refractivity contribution in [2.75, 3.05) is 43.8 Å². The quantitative estimate of drug-likeness (QED) is 0.860. The maximum Gasteiger partial charge on any atom is 0.322 e. The summed E-state index contributed by atoms with van der Waals surface area (Å²) in [5, 5.41) is 6.01. The highest BCUT2D eigenvalue weighted by Crippen LogP contribution is 2.21. The molecule has 0 saturated carbocycles. The Bertz CT molecular complexity index is 565. The number of anilines is 4. The monoisotopic (exact) mass is 274 g/mol. The molecule has 7 heteroatoms. The summed E-state index contributed by atoms with van der Waals surface area (Å²) < 4.78 is 5.05. The fraction of sp³-hybridized carbons (Fsp3) is 0.308. The van der Waals surface area contributed by atoms with Crippen LogP contribution < -0.4 is 20.3 Å². The van der Waals surface area contributed by atoms with Gasteiger partial charge in [-0.2, -0.15) is 15.0 Å². The summed E-state index contributed by atoms with van der Waals surface area (Å²) in [7, 11) is 7.24. The standard InChI is InChI=1S/C13H18N6O/c1-14-11-16-12(18-13(17-11)20-4)15-9-6-5-7-10(8-9)19(2)3/h5-8H,1-4H3,(H2,14,15,16,17,18). The maximum absolute atomic E-state index is 5.05. The predicted molar refractivity (Wildman–Crippen MR) is 80.0 cm³/mol. The molecule has 0 saturated heterocycles. The number of nitrogens with zero attached hydrogens (tertiary/aromatic N) is 4. The number of ether oxygens (including phenoxy) is 1. The molecule has 0 unspecified atom stereocenters. The van der Waals surface area contributed by atoms with E-state index in [1.165, 1.54) is 7.11 Å². The smallest absolute Gasteiger partial charge is 0.322 e. The van der Waals surface area contributed by atoms with Crippen molar-refractivity contribution in [2.45, 2.75) is 0 Å². The highest BCUT2D eigenvalue weighted by atomic mass is 16.5. The molecule has 0 amide bonds. The van der Waals surface area contributed by atoms with E-state index in [9.17, 15) is 0 Å². The molecule has 1 aromatic carbocycles. The second-order valence-electron chi connectivity index (χ2n) is 4.29. The summed E-state index contributed by atoms with van der Waals surface area (Å²) in [5.74, 6) is 0.875. The number of benzene rings is 1. The summed E-state index contributed by atoms with van der Waals surface area (Å²) >= 11 is 0. The molecule has 0 fully saturated rings. The zero-order valence-electron chi connectivity index (χ0n) is 12.0. The normalized spacial score (nSPS) is 10.0. The maximum atomic E-state index is 5.05. The average molecular weight is 274 g/mol. The SMILES string of the molecule is CNc1nc(Nc2cccc(N(C)C)c2)nc(OC)n1. The van der Waals surface area contributed by atoms with Crippen LogP contribution in [0.15, 0.2) is 24.3 Å². The third-order valence-electron chi connectivity index (χ3n) is 2.64. The minimum absolute atomic E-state index is 0.260. The zero-order valence-corrected chi connectivity index (χ0v) is 12.0. The van der Waals surface area contributed by atoms with Gasteiger partial charge >= 0.3 is 6.01 Å². The molecular weight excluding hydrogens is 256 g/mol. The lowest BCUT2D eigenvalue weighted by atomic mass is 10.2. The molecule has 2 aromatic rings. The molecule has 2 N–H and O–H groups in total. The van der Waals surface area contributed by atoms with Crippen molar-refractivity contribution in [1.29, 1.82) is 0 Å². The van der Waals surface area contributed by atoms with E-state index in [-0.39, 0.29) is 6.01 Å². The van der Waals surface area contributed by atoms with Crippen molar-refractivity contribution < 1.29 is 4.74 Å². The summed E-state index contributed by atoms with van der Waals surface area (Å²) in [6.45, 7) is 0. The molecule has 0 bridgehead atoms. The molecule has 2 rings (SSSR count). The molecule has 0 aliphatic carbocycles. The Morgan fingerprint density at radius 3 is 2.50 bits per heavy atom. The van der Waals surface area contributed by atoms with Crippen LogP contribution in [0.4, 0.5) is 23.3 Å². The second kappa shape index (κ2) is 6.05. The Hall–Kier alpha value is -2.57. The molecule has 20 heavy (non-hydrogen) atoms. The minimum atomic E-state index is 0.260. The first-order chi connectivity index (χ1) is 9.62. The van der Waals surface area contributed by atoms with Gasteiger partial charge in [-0.05, 0) is 18.2 Å². The average Bonchev–Trinajstić information content (AvgIpc) is 2.47. The Morgan fingerprint density at radius 1 is 1.10 bits per heavy atom. The molecule has 1 heterocycles. The van der Waals surface area contributed by atoms with Gasteiger partial charge in [0.25, 0.3) is 0 Å². The zero-order chi connectivity index (χ0) is 14.5. The Balaban J connectivity index is 2.27. The third kappa shape index (κ3) is 3.25. The van der Waals surface area contributed by atoms with Crippen molar-refractivity contribution in [1.82, 2.24) is 15.0 Å². The first-order valence-electron chi connectivity index (χ1n) is 6.14. The molecule has 0 spiro atoms. The molecule has 0 aliphatic rings. The summed E-state index contributed by atoms with van der Waals surface area (Å²) in [4.78, 5) is 14.5. The van der Waals surface area contributed by atoms with Crippen LogP contribution in [0.1, 0.15) is 0 Å². The van der Waals surface area contributed by atoms with Crippen LogP contribution in [-0.2, 0) is 0 Å². The van der Waals surface area contributed by atoms with Crippen LogP contribution in [0.25, 0.3) is 0 Å². The minimum Gasteiger partial charge on any atom is -0.467 e. The lowest BCUT2D eigenvalue weighted by Crippen LogP contribution is -2.09. The van der Waals surface area contributed by atoms with Crippen molar-refractivity contribution in [2.24, 2.45) is 0 Å². The fourth-order valence-electron chi connectivity index (χ4n) is 1.61. The Morgan fingerprint density at radius 2 is 1.85 bits per heavy atom. The van der Waals surface area contributed by atoms with E-state index >= 15 is 0 Å². The first kappa shape index (κ1) is 13.9. The van der Waals surface area contributed by atoms with Crippen molar-refractivity contribution >= 4 is 23.3 Å². The topological polar surface area (TPSA) is 75.2 Å². The number of aromatic nitrogens is 3. The number of methoxy groups -OCH3 is 1. The van der Waals surface area contributed by atoms with Gasteiger partial charge in [-0.25, -0.2) is 0 Å². The number of hydrogen-bond donors (Lipinski definition) is 2. The van der Waals surface area contributed by atoms with Gasteiger partial charge in [-0.1, -0.05) is 6.07 Å². The van der Waals surface area contributed by atoms with Crippen LogP contribution in [0.5, 0.6) is 6.01 Å². The van der Waals surface area contributed by atoms with Gasteiger partial charge in [-0.3, -0.25) is 0 Å². The van der Waals surface area contributed by atoms with Gasteiger partial charge in [0.05, 0.1) is 7.11 Å². The van der Waals surface area contributed by atoms with Gasteiger partial charge in [0.1, 0.15) is 0 Å². The van der Waals surface area contributed by atoms with Gasteiger partial charge in [0.15, 0.2) is 0 Å². The van der Waals surface area contributed by atoms with Crippen LogP contribution in [0.2, 0.25) is 0 Å². The van der Waals surface area contributed by atoms with Crippen molar-refractivity contribution in [3.8, 4) is 6.01 Å². The van der Waals surface area contributed by atoms with E-state index in [1.807, 2.05) is 43.3 Å². The number of hydrogen-bond acceptors (Lipinski definition) is 7. The lowest BCUT2D eigenvalue weighted by molar-refractivity contribution is 0.379. The summed E-state index contributed by atoms with van der Waals surface area (Å²) in [6.07, 6.45) is 0. The largest absolute Gasteiger partial charge is 0.467 e. The van der Waals surface area contributed by atoms with Gasteiger partial charge in [-0.15, -0.1) is 0 Å². The summed E-state index contributed by atoms with van der Waals surface area (Å²) in [6, 6.07) is 8.21. The first-order valence-corrected chi connectivity index (χ1v) is 6.14. The van der Waals surface area contributed by atoms with Crippen LogP contribution in [-0.4, -0.2) is 43.2 Å². The van der Waals surface area contributed by atoms with E-state index in [0.717, 1.165) is 11.4 Å². The third-order valence-corrected chi connectivity index (χ3v) is 2.64. The molecule has 7 nitrogen and oxygen atoms in total. The lowest BCUT2D eigenvalue weighted by Gasteiger charge is -2.14. The van der Waals surface area contributed by atoms with Crippen molar-refractivity contribution in [3.05, 3.63) is 24.3 Å². The van der Waals surface area contributed by atoms with E-state index in [2.05, 4.69) is 25.6 Å². The Labute approximate surface area is 118 Å². The van der Waals surface area contributed by atoms with Crippen LogP contribution >= 0.6 is 0 Å². The molecule has 0 atom stereocenters. The van der Waals surface area contributed by atoms with Gasteiger partial charge in [0, 0.05) is 32.5 Å². The van der Waals surface area contributed by atoms with Gasteiger partial charge < -0.3 is 20.3 Å². The van der Waals surface area contributed by atoms with Crippen molar-refractivity contribution in [3.63, 3.8) is 0 Å². The fourth-order valence-corrected chi connectivity index (χ4v) is 1.61. The number of nitrogens with one attached hydrogen (secondary N) is 2. The van der Waals surface area contributed by atoms with E-state index in [1.54, 1.807) is 7.05 Å². The summed E-state index contributed by atoms with van der Waals surface area (Å²) in [5.41, 5.74) is 1.98. The highest BCUT2D eigenvalue weighted by Gasteiger charge is 2.06. The molecule has 0 aliphatic heterocycles. The van der Waals surface area contributed by atoms with Gasteiger partial charge in [0.2, 0.25) is 11.9 Å². The van der Waals surface area contributed by atoms with Crippen LogP contribution in [0, 0.1) is 0 Å². The number of rotatable bonds is 5. The van der Waals surface area contributed by atoms with Crippen LogP contribution in [0.3, 0.4) is 0 Å². The molecular formula is C13H18N6O. The predicted octanol–water partition coefficient (Wildman–Crippen LogP) is 1.73. The molecule has 106 valence electrons. The van der Waals surface area contributed by atoms with E-state index in [4.69, 9.17) is 4.74 Å². The van der Waals surface area contributed by atoms with E-state index < -0.39 is 0 Å². The molecule has 1 aromatic heterocycles. The molecule has 0 radical (unpaired) electrons. The van der Waals surface area contributed by atoms with E-state index in [0.29, 0.717) is 11.9 Å². The highest BCUT2D eigenvalue weighted by molar-refractivity contribution is 5.62.